The number of carbonyl (C=O) groups excluding carboxylic acids is 1. The lowest BCUT2D eigenvalue weighted by molar-refractivity contribution is 0.0627. The van der Waals surface area contributed by atoms with E-state index in [1.165, 1.54) is 77.0 Å². The minimum atomic E-state index is -0.366. The monoisotopic (exact) mass is 586 g/mol. The lowest BCUT2D eigenvalue weighted by Gasteiger charge is -2.14. The molecule has 0 heterocycles. The number of esters is 1. The average Bonchev–Trinajstić information content (AvgIpc) is 3.04. The third-order valence-electron chi connectivity index (χ3n) is 8.00. The highest BCUT2D eigenvalue weighted by Crippen LogP contribution is 2.25. The molecule has 0 aliphatic heterocycles. The zero-order valence-corrected chi connectivity index (χ0v) is 27.0. The van der Waals surface area contributed by atoms with Crippen LogP contribution in [0.4, 0.5) is 0 Å². The predicted octanol–water partition coefficient (Wildman–Crippen LogP) is 11.5. The Bertz CT molecular complexity index is 1140. The summed E-state index contributed by atoms with van der Waals surface area (Å²) < 4.78 is 17.5. The molecule has 3 aromatic rings. The van der Waals surface area contributed by atoms with E-state index >= 15 is 0 Å². The highest BCUT2D eigenvalue weighted by atomic mass is 16.5. The fraction of sp³-hybridized carbons (Fsp3) is 0.513. The number of benzene rings is 3. The van der Waals surface area contributed by atoms with Gasteiger partial charge in [0.05, 0.1) is 18.3 Å². The molecule has 0 aliphatic carbocycles. The summed E-state index contributed by atoms with van der Waals surface area (Å²) in [5.41, 5.74) is 3.73. The first-order chi connectivity index (χ1) is 21.1. The minimum Gasteiger partial charge on any atom is -0.494 e. The number of ether oxygens (including phenoxy) is 3. The van der Waals surface area contributed by atoms with Crippen LogP contribution in [0.3, 0.4) is 0 Å². The van der Waals surface area contributed by atoms with Crippen LogP contribution in [-0.4, -0.2) is 19.2 Å². The molecule has 0 saturated heterocycles. The van der Waals surface area contributed by atoms with E-state index in [2.05, 4.69) is 32.9 Å². The summed E-state index contributed by atoms with van der Waals surface area (Å²) in [6.07, 6.45) is 18.0. The zero-order valence-electron chi connectivity index (χ0n) is 27.0. The number of hydrogen-bond acceptors (Lipinski definition) is 4. The standard InChI is InChI=1S/C39H54O4/c1-4-6-8-10-11-12-13-14-15-17-31-42-37-26-24-35(25-27-37)34-18-20-36(21-19-34)39(40)43-38-28-22-33(23-29-38)32(3)41-30-16-9-7-5-2/h18-29,32H,4-17,30-31H2,1-3H3. The van der Waals surface area contributed by atoms with Crippen molar-refractivity contribution in [2.45, 2.75) is 117 Å². The molecule has 3 rings (SSSR count). The molecule has 1 atom stereocenters. The Hall–Kier alpha value is -3.11. The Morgan fingerprint density at radius 1 is 0.558 bits per heavy atom. The molecule has 0 N–H and O–H groups in total. The Morgan fingerprint density at radius 3 is 1.60 bits per heavy atom. The van der Waals surface area contributed by atoms with Crippen LogP contribution in [0.25, 0.3) is 11.1 Å². The molecule has 0 radical (unpaired) electrons. The van der Waals surface area contributed by atoms with Crippen molar-refractivity contribution in [3.05, 3.63) is 83.9 Å². The highest BCUT2D eigenvalue weighted by Gasteiger charge is 2.11. The zero-order chi connectivity index (χ0) is 30.5. The second-order valence-corrected chi connectivity index (χ2v) is 11.7. The van der Waals surface area contributed by atoms with Crippen LogP contribution < -0.4 is 9.47 Å². The molecule has 0 saturated carbocycles. The molecule has 1 unspecified atom stereocenters. The maximum Gasteiger partial charge on any atom is 0.343 e. The Labute approximate surface area is 261 Å². The van der Waals surface area contributed by atoms with Crippen molar-refractivity contribution in [3.8, 4) is 22.6 Å². The summed E-state index contributed by atoms with van der Waals surface area (Å²) in [5, 5.41) is 0. The van der Waals surface area contributed by atoms with E-state index in [1.54, 1.807) is 0 Å². The smallest absolute Gasteiger partial charge is 0.343 e. The van der Waals surface area contributed by atoms with Gasteiger partial charge in [0, 0.05) is 6.61 Å². The summed E-state index contributed by atoms with van der Waals surface area (Å²) in [5.74, 6) is 1.07. The van der Waals surface area contributed by atoms with Gasteiger partial charge in [-0.2, -0.15) is 0 Å². The van der Waals surface area contributed by atoms with E-state index in [1.807, 2.05) is 60.7 Å². The Kier molecular flexibility index (Phi) is 16.6. The summed E-state index contributed by atoms with van der Waals surface area (Å²) in [7, 11) is 0. The molecule has 4 nitrogen and oxygen atoms in total. The van der Waals surface area contributed by atoms with Crippen LogP contribution >= 0.6 is 0 Å². The van der Waals surface area contributed by atoms with E-state index in [9.17, 15) is 4.79 Å². The molecular formula is C39H54O4. The maximum absolute atomic E-state index is 12.7. The van der Waals surface area contributed by atoms with Crippen LogP contribution in [0.1, 0.15) is 133 Å². The average molecular weight is 587 g/mol. The van der Waals surface area contributed by atoms with Gasteiger partial charge < -0.3 is 14.2 Å². The number of hydrogen-bond donors (Lipinski definition) is 0. The number of unbranched alkanes of at least 4 members (excludes halogenated alkanes) is 12. The number of carbonyl (C=O) groups is 1. The van der Waals surface area contributed by atoms with Crippen LogP contribution in [0, 0.1) is 0 Å². The molecule has 234 valence electrons. The highest BCUT2D eigenvalue weighted by molar-refractivity contribution is 5.91. The van der Waals surface area contributed by atoms with Gasteiger partial charge >= 0.3 is 5.97 Å². The predicted molar refractivity (Wildman–Crippen MR) is 179 cm³/mol. The van der Waals surface area contributed by atoms with Crippen LogP contribution in [0.15, 0.2) is 72.8 Å². The lowest BCUT2D eigenvalue weighted by Crippen LogP contribution is -2.08. The van der Waals surface area contributed by atoms with Gasteiger partial charge in [0.2, 0.25) is 0 Å². The molecule has 0 spiro atoms. The second-order valence-electron chi connectivity index (χ2n) is 11.7. The SMILES string of the molecule is CCCCCCCCCCCCOc1ccc(-c2ccc(C(=O)Oc3ccc(C(C)OCCCCCC)cc3)cc2)cc1. The van der Waals surface area contributed by atoms with Crippen LogP contribution in [-0.2, 0) is 4.74 Å². The molecule has 3 aromatic carbocycles. The van der Waals surface area contributed by atoms with Crippen molar-refractivity contribution in [1.29, 1.82) is 0 Å². The van der Waals surface area contributed by atoms with E-state index in [0.29, 0.717) is 11.3 Å². The van der Waals surface area contributed by atoms with E-state index < -0.39 is 0 Å². The lowest BCUT2D eigenvalue weighted by atomic mass is 10.0. The van der Waals surface area contributed by atoms with Gasteiger partial charge in [-0.3, -0.25) is 0 Å². The quantitative estimate of drug-likeness (QED) is 0.0667. The van der Waals surface area contributed by atoms with Gasteiger partial charge in [0.25, 0.3) is 0 Å². The van der Waals surface area contributed by atoms with Crippen molar-refractivity contribution in [3.63, 3.8) is 0 Å². The van der Waals surface area contributed by atoms with Gasteiger partial charge in [-0.25, -0.2) is 4.79 Å². The summed E-state index contributed by atoms with van der Waals surface area (Å²) in [6.45, 7) is 8.07. The summed E-state index contributed by atoms with van der Waals surface area (Å²) in [6, 6.07) is 23.3. The fourth-order valence-corrected chi connectivity index (χ4v) is 5.18. The van der Waals surface area contributed by atoms with Crippen molar-refractivity contribution >= 4 is 5.97 Å². The summed E-state index contributed by atoms with van der Waals surface area (Å²) in [4.78, 5) is 12.7. The molecule has 0 bridgehead atoms. The molecule has 0 aliphatic rings. The Balaban J connectivity index is 1.36. The van der Waals surface area contributed by atoms with Gasteiger partial charge in [0.15, 0.2) is 0 Å². The van der Waals surface area contributed by atoms with Crippen LogP contribution in [0.2, 0.25) is 0 Å². The molecule has 0 amide bonds. The summed E-state index contributed by atoms with van der Waals surface area (Å²) >= 11 is 0. The molecule has 0 fully saturated rings. The van der Waals surface area contributed by atoms with Crippen molar-refractivity contribution in [2.75, 3.05) is 13.2 Å². The van der Waals surface area contributed by atoms with Crippen molar-refractivity contribution in [2.24, 2.45) is 0 Å². The topological polar surface area (TPSA) is 44.8 Å². The molecule has 43 heavy (non-hydrogen) atoms. The third-order valence-corrected chi connectivity index (χ3v) is 8.00. The number of rotatable bonds is 22. The fourth-order valence-electron chi connectivity index (χ4n) is 5.18. The van der Waals surface area contributed by atoms with Crippen LogP contribution in [0.5, 0.6) is 11.5 Å². The third kappa shape index (κ3) is 13.4. The van der Waals surface area contributed by atoms with E-state index in [-0.39, 0.29) is 12.1 Å². The molecule has 4 heteroatoms. The van der Waals surface area contributed by atoms with Crippen molar-refractivity contribution in [1.82, 2.24) is 0 Å². The van der Waals surface area contributed by atoms with E-state index in [4.69, 9.17) is 14.2 Å². The normalized spacial score (nSPS) is 11.8. The first-order valence-corrected chi connectivity index (χ1v) is 16.9. The minimum absolute atomic E-state index is 0.0177. The maximum atomic E-state index is 12.7. The Morgan fingerprint density at radius 2 is 1.02 bits per heavy atom. The first kappa shape index (κ1) is 34.4. The largest absolute Gasteiger partial charge is 0.494 e. The van der Waals surface area contributed by atoms with Crippen molar-refractivity contribution < 1.29 is 19.0 Å². The van der Waals surface area contributed by atoms with Gasteiger partial charge in [0.1, 0.15) is 11.5 Å². The van der Waals surface area contributed by atoms with E-state index in [0.717, 1.165) is 48.5 Å². The molecule has 0 aromatic heterocycles. The van der Waals surface area contributed by atoms with Gasteiger partial charge in [-0.05, 0) is 72.9 Å². The second kappa shape index (κ2) is 20.7. The first-order valence-electron chi connectivity index (χ1n) is 16.9. The van der Waals surface area contributed by atoms with Gasteiger partial charge in [-0.1, -0.05) is 127 Å². The molecular weight excluding hydrogens is 532 g/mol. The van der Waals surface area contributed by atoms with Gasteiger partial charge in [-0.15, -0.1) is 0 Å².